The van der Waals surface area contributed by atoms with Crippen LogP contribution in [-0.4, -0.2) is 37.2 Å². The summed E-state index contributed by atoms with van der Waals surface area (Å²) in [6.07, 6.45) is 63.1. The molecule has 0 amide bonds. The second kappa shape index (κ2) is 54.5. The summed E-state index contributed by atoms with van der Waals surface area (Å²) >= 11 is 0. The minimum Gasteiger partial charge on any atom is -0.462 e. The van der Waals surface area contributed by atoms with E-state index in [0.717, 1.165) is 64.2 Å². The van der Waals surface area contributed by atoms with E-state index in [1.807, 2.05) is 0 Å². The Morgan fingerprint density at radius 1 is 0.308 bits per heavy atom. The molecular weight excluding hydrogens is 805 g/mol. The van der Waals surface area contributed by atoms with Crippen LogP contribution in [0.3, 0.4) is 0 Å². The van der Waals surface area contributed by atoms with E-state index in [2.05, 4.69) is 45.1 Å². The predicted molar refractivity (Wildman–Crippen MR) is 279 cm³/mol. The van der Waals surface area contributed by atoms with Crippen molar-refractivity contribution in [2.75, 3.05) is 13.2 Å². The Hall–Kier alpha value is -2.11. The van der Waals surface area contributed by atoms with Crippen molar-refractivity contribution in [1.82, 2.24) is 0 Å². The highest BCUT2D eigenvalue weighted by atomic mass is 16.6. The van der Waals surface area contributed by atoms with Crippen LogP contribution in [0, 0.1) is 0 Å². The second-order valence-corrected chi connectivity index (χ2v) is 19.6. The molecule has 0 N–H and O–H groups in total. The van der Waals surface area contributed by atoms with Crippen molar-refractivity contribution in [1.29, 1.82) is 0 Å². The van der Waals surface area contributed by atoms with Crippen molar-refractivity contribution < 1.29 is 28.6 Å². The van der Waals surface area contributed by atoms with E-state index in [1.54, 1.807) is 0 Å². The van der Waals surface area contributed by atoms with Gasteiger partial charge in [0.15, 0.2) is 6.10 Å². The number of hydrogen-bond acceptors (Lipinski definition) is 6. The molecule has 0 rings (SSSR count). The molecule has 382 valence electrons. The van der Waals surface area contributed by atoms with Crippen LogP contribution in [0.2, 0.25) is 0 Å². The number of hydrogen-bond donors (Lipinski definition) is 0. The maximum atomic E-state index is 12.8. The minimum absolute atomic E-state index is 0.0672. The first kappa shape index (κ1) is 62.9. The average Bonchev–Trinajstić information content (AvgIpc) is 3.30. The Labute approximate surface area is 404 Å². The number of unbranched alkanes of at least 4 members (excludes halogenated alkanes) is 38. The number of carbonyl (C=O) groups excluding carboxylic acids is 3. The van der Waals surface area contributed by atoms with Crippen LogP contribution in [0.1, 0.15) is 316 Å². The fourth-order valence-corrected chi connectivity index (χ4v) is 8.59. The van der Waals surface area contributed by atoms with Crippen molar-refractivity contribution in [3.63, 3.8) is 0 Å². The Morgan fingerprint density at radius 2 is 0.554 bits per heavy atom. The van der Waals surface area contributed by atoms with Crippen molar-refractivity contribution in [2.24, 2.45) is 0 Å². The van der Waals surface area contributed by atoms with Crippen molar-refractivity contribution in [3.8, 4) is 0 Å². The predicted octanol–water partition coefficient (Wildman–Crippen LogP) is 19.1. The van der Waals surface area contributed by atoms with Gasteiger partial charge in [-0.25, -0.2) is 0 Å². The lowest BCUT2D eigenvalue weighted by Gasteiger charge is -2.18. The zero-order valence-corrected chi connectivity index (χ0v) is 43.8. The monoisotopic (exact) mass is 915 g/mol. The van der Waals surface area contributed by atoms with E-state index in [0.29, 0.717) is 19.3 Å². The molecule has 0 spiro atoms. The molecule has 0 aliphatic carbocycles. The summed E-state index contributed by atoms with van der Waals surface area (Å²) in [5.41, 5.74) is 0. The summed E-state index contributed by atoms with van der Waals surface area (Å²) in [7, 11) is 0. The van der Waals surface area contributed by atoms with Gasteiger partial charge in [0, 0.05) is 19.3 Å². The molecule has 0 aromatic heterocycles. The quantitative estimate of drug-likeness (QED) is 0.0262. The van der Waals surface area contributed by atoms with Crippen LogP contribution in [0.5, 0.6) is 0 Å². The summed E-state index contributed by atoms with van der Waals surface area (Å²) in [6.45, 7) is 6.65. The molecule has 1 unspecified atom stereocenters. The number of ether oxygens (including phenoxy) is 3. The Balaban J connectivity index is 4.26. The van der Waals surface area contributed by atoms with Crippen molar-refractivity contribution in [3.05, 3.63) is 24.3 Å². The van der Waals surface area contributed by atoms with Gasteiger partial charge in [0.25, 0.3) is 0 Å². The van der Waals surface area contributed by atoms with Gasteiger partial charge in [0.2, 0.25) is 0 Å². The fourth-order valence-electron chi connectivity index (χ4n) is 8.59. The number of rotatable bonds is 53. The van der Waals surface area contributed by atoms with E-state index < -0.39 is 6.10 Å². The summed E-state index contributed by atoms with van der Waals surface area (Å²) in [5, 5.41) is 0. The third-order valence-electron chi connectivity index (χ3n) is 13.0. The van der Waals surface area contributed by atoms with E-state index in [4.69, 9.17) is 14.2 Å². The van der Waals surface area contributed by atoms with Crippen LogP contribution in [0.25, 0.3) is 0 Å². The second-order valence-electron chi connectivity index (χ2n) is 19.6. The van der Waals surface area contributed by atoms with Crippen molar-refractivity contribution >= 4 is 17.9 Å². The lowest BCUT2D eigenvalue weighted by molar-refractivity contribution is -0.167. The molecule has 0 bridgehead atoms. The summed E-state index contributed by atoms with van der Waals surface area (Å²) in [5.74, 6) is -0.852. The van der Waals surface area contributed by atoms with Gasteiger partial charge in [-0.15, -0.1) is 0 Å². The van der Waals surface area contributed by atoms with E-state index in [9.17, 15) is 14.4 Å². The van der Waals surface area contributed by atoms with Crippen LogP contribution in [0.15, 0.2) is 24.3 Å². The Kier molecular flexibility index (Phi) is 52.7. The van der Waals surface area contributed by atoms with Gasteiger partial charge in [-0.05, 0) is 51.4 Å². The first-order valence-electron chi connectivity index (χ1n) is 28.8. The first-order chi connectivity index (χ1) is 32.0. The maximum Gasteiger partial charge on any atom is 0.306 e. The van der Waals surface area contributed by atoms with Crippen LogP contribution in [0.4, 0.5) is 0 Å². The zero-order valence-electron chi connectivity index (χ0n) is 43.8. The van der Waals surface area contributed by atoms with Gasteiger partial charge in [-0.2, -0.15) is 0 Å². The zero-order chi connectivity index (χ0) is 47.2. The third kappa shape index (κ3) is 52.7. The molecule has 6 nitrogen and oxygen atoms in total. The van der Waals surface area contributed by atoms with E-state index in [1.165, 1.54) is 212 Å². The lowest BCUT2D eigenvalue weighted by Crippen LogP contribution is -2.30. The standard InChI is InChI=1S/C59H110O6/c1-4-7-10-13-16-19-22-24-26-28-30-32-33-35-37-40-43-46-49-52-58(61)64-55-56(54-63-57(60)51-48-45-42-39-21-18-15-12-9-6-3)65-59(62)53-50-47-44-41-38-36-34-31-29-27-25-23-20-17-14-11-8-5-2/h16,19,24,26,56H,4-15,17-18,20-23,25,27-55H2,1-3H3/b19-16-,26-24-. The number of esters is 3. The minimum atomic E-state index is -0.767. The SMILES string of the molecule is CCCCC/C=C\C/C=C\CCCCCCCCCCCC(=O)OCC(COC(=O)CCCCCCCCCCCC)OC(=O)CCCCCCCCCCCCCCCCCCCC. The van der Waals surface area contributed by atoms with Gasteiger partial charge in [-0.1, -0.05) is 270 Å². The van der Waals surface area contributed by atoms with Crippen LogP contribution in [-0.2, 0) is 28.6 Å². The molecule has 0 aliphatic rings. The van der Waals surface area contributed by atoms with Gasteiger partial charge >= 0.3 is 17.9 Å². The molecule has 0 aliphatic heterocycles. The van der Waals surface area contributed by atoms with Crippen LogP contribution >= 0.6 is 0 Å². The van der Waals surface area contributed by atoms with Gasteiger partial charge in [0.1, 0.15) is 13.2 Å². The van der Waals surface area contributed by atoms with E-state index in [-0.39, 0.29) is 31.1 Å². The largest absolute Gasteiger partial charge is 0.462 e. The van der Waals surface area contributed by atoms with E-state index >= 15 is 0 Å². The van der Waals surface area contributed by atoms with Gasteiger partial charge in [-0.3, -0.25) is 14.4 Å². The summed E-state index contributed by atoms with van der Waals surface area (Å²) in [4.78, 5) is 38.1. The summed E-state index contributed by atoms with van der Waals surface area (Å²) < 4.78 is 16.9. The third-order valence-corrected chi connectivity index (χ3v) is 13.0. The van der Waals surface area contributed by atoms with Gasteiger partial charge in [0.05, 0.1) is 0 Å². The van der Waals surface area contributed by atoms with Gasteiger partial charge < -0.3 is 14.2 Å². The topological polar surface area (TPSA) is 78.9 Å². The molecule has 0 heterocycles. The molecule has 0 radical (unpaired) electrons. The molecule has 6 heteroatoms. The number of allylic oxidation sites excluding steroid dienone is 4. The Bertz CT molecular complexity index is 1050. The molecule has 0 saturated heterocycles. The lowest BCUT2D eigenvalue weighted by atomic mass is 10.0. The summed E-state index contributed by atoms with van der Waals surface area (Å²) in [6, 6.07) is 0. The fraction of sp³-hybridized carbons (Fsp3) is 0.881. The van der Waals surface area contributed by atoms with Crippen LogP contribution < -0.4 is 0 Å². The molecule has 0 saturated carbocycles. The van der Waals surface area contributed by atoms with Crippen molar-refractivity contribution in [2.45, 2.75) is 322 Å². The first-order valence-corrected chi connectivity index (χ1v) is 28.8. The maximum absolute atomic E-state index is 12.8. The number of carbonyl (C=O) groups is 3. The Morgan fingerprint density at radius 3 is 0.877 bits per heavy atom. The average molecular weight is 916 g/mol. The molecular formula is C59H110O6. The highest BCUT2D eigenvalue weighted by Crippen LogP contribution is 2.17. The highest BCUT2D eigenvalue weighted by molar-refractivity contribution is 5.71. The highest BCUT2D eigenvalue weighted by Gasteiger charge is 2.19. The molecule has 65 heavy (non-hydrogen) atoms. The molecule has 0 aromatic rings. The molecule has 0 aromatic carbocycles. The molecule has 1 atom stereocenters. The smallest absolute Gasteiger partial charge is 0.306 e. The normalized spacial score (nSPS) is 12.1. The molecule has 0 fully saturated rings.